The number of alkyl halides is 3. The molecular weight excluding hydrogens is 457 g/mol. The van der Waals surface area contributed by atoms with E-state index in [-0.39, 0.29) is 40.9 Å². The maximum atomic E-state index is 13.5. The monoisotopic (exact) mass is 480 g/mol. The predicted molar refractivity (Wildman–Crippen MR) is 117 cm³/mol. The van der Waals surface area contributed by atoms with Crippen LogP contribution in [0.3, 0.4) is 0 Å². The second kappa shape index (κ2) is 7.61. The number of hydrogen-bond donors (Lipinski definition) is 0. The molecule has 2 aliphatic heterocycles. The van der Waals surface area contributed by atoms with Crippen LogP contribution in [0, 0.1) is 0 Å². The molecule has 33 heavy (non-hydrogen) atoms. The summed E-state index contributed by atoms with van der Waals surface area (Å²) in [5.74, 6) is 0. The Kier molecular flexibility index (Phi) is 5.07. The molecule has 2 bridgehead atoms. The summed E-state index contributed by atoms with van der Waals surface area (Å²) in [5, 5.41) is 2.13. The van der Waals surface area contributed by atoms with E-state index in [9.17, 15) is 18.0 Å². The molecule has 5 rings (SSSR count). The first-order valence-electron chi connectivity index (χ1n) is 10.7. The van der Waals surface area contributed by atoms with Gasteiger partial charge in [0.15, 0.2) is 5.58 Å². The van der Waals surface area contributed by atoms with Gasteiger partial charge >= 0.3 is 12.3 Å². The number of benzene rings is 1. The van der Waals surface area contributed by atoms with E-state index in [1.165, 1.54) is 17.5 Å². The number of piperazine rings is 1. The number of nitrogens with zero attached hydrogens (tertiary/aromatic N) is 4. The van der Waals surface area contributed by atoms with Gasteiger partial charge in [0.1, 0.15) is 16.1 Å². The first-order valence-corrected chi connectivity index (χ1v) is 11.6. The summed E-state index contributed by atoms with van der Waals surface area (Å²) in [6, 6.07) is 2.17. The molecule has 176 valence electrons. The van der Waals surface area contributed by atoms with Crippen molar-refractivity contribution in [2.75, 3.05) is 18.0 Å². The number of fused-ring (bicyclic) bond motifs is 3. The zero-order chi connectivity index (χ0) is 23.5. The van der Waals surface area contributed by atoms with Crippen LogP contribution in [-0.2, 0) is 10.9 Å². The fourth-order valence-electron chi connectivity index (χ4n) is 4.51. The van der Waals surface area contributed by atoms with Crippen molar-refractivity contribution in [1.29, 1.82) is 0 Å². The first-order chi connectivity index (χ1) is 15.5. The summed E-state index contributed by atoms with van der Waals surface area (Å²) < 4.78 is 52.1. The Morgan fingerprint density at radius 3 is 2.45 bits per heavy atom. The lowest BCUT2D eigenvalue weighted by molar-refractivity contribution is -0.137. The molecule has 0 spiro atoms. The van der Waals surface area contributed by atoms with Crippen molar-refractivity contribution in [3.63, 3.8) is 0 Å². The molecule has 11 heteroatoms. The van der Waals surface area contributed by atoms with E-state index in [4.69, 9.17) is 9.15 Å². The third-order valence-electron chi connectivity index (χ3n) is 5.83. The van der Waals surface area contributed by atoms with Gasteiger partial charge in [0, 0.05) is 24.7 Å². The minimum Gasteiger partial charge on any atom is -0.444 e. The van der Waals surface area contributed by atoms with Gasteiger partial charge in [-0.1, -0.05) is 0 Å². The van der Waals surface area contributed by atoms with Gasteiger partial charge in [-0.3, -0.25) is 4.90 Å². The predicted octanol–water partition coefficient (Wildman–Crippen LogP) is 5.56. The Labute approximate surface area is 192 Å². The fraction of sp³-hybridized carbons (Fsp3) is 0.500. The van der Waals surface area contributed by atoms with Gasteiger partial charge in [0.05, 0.1) is 23.2 Å². The third kappa shape index (κ3) is 4.14. The molecule has 2 unspecified atom stereocenters. The van der Waals surface area contributed by atoms with Crippen LogP contribution in [0.5, 0.6) is 0 Å². The number of rotatable bonds is 2. The van der Waals surface area contributed by atoms with Crippen LogP contribution in [0.2, 0.25) is 0 Å². The van der Waals surface area contributed by atoms with Crippen molar-refractivity contribution in [2.24, 2.45) is 0 Å². The van der Waals surface area contributed by atoms with E-state index >= 15 is 0 Å². The van der Waals surface area contributed by atoms with Gasteiger partial charge in [0.2, 0.25) is 0 Å². The maximum absolute atomic E-state index is 13.5. The van der Waals surface area contributed by atoms with Crippen molar-refractivity contribution < 1.29 is 27.1 Å². The standard InChI is InChI=1S/C22H23F3N4O3S/c1-21(2,3)32-20(30)29-13-4-5-14(29)11-28(10-13)19-27-16-9-12(22(23,24)25)8-15(17(16)31-19)18-26-6-7-33-18/h6-9,13-14H,4-5,10-11H2,1-3H3. The number of anilines is 1. The Balaban J connectivity index is 1.47. The number of carbonyl (C=O) groups is 1. The van der Waals surface area contributed by atoms with E-state index in [2.05, 4.69) is 9.97 Å². The number of aromatic nitrogens is 2. The SMILES string of the molecule is CC(C)(C)OC(=O)N1C2CCC1CN(c1nc3cc(C(F)(F)F)cc(-c4nccs4)c3o1)C2. The number of hydrogen-bond acceptors (Lipinski definition) is 7. The summed E-state index contributed by atoms with van der Waals surface area (Å²) in [6.45, 7) is 6.44. The second-order valence-electron chi connectivity index (χ2n) is 9.38. The van der Waals surface area contributed by atoms with Crippen LogP contribution in [0.15, 0.2) is 28.1 Å². The van der Waals surface area contributed by atoms with Crippen LogP contribution in [-0.4, -0.2) is 51.7 Å². The zero-order valence-electron chi connectivity index (χ0n) is 18.3. The molecule has 0 saturated carbocycles. The van der Waals surface area contributed by atoms with Crippen molar-refractivity contribution >= 4 is 34.5 Å². The molecule has 2 atom stereocenters. The smallest absolute Gasteiger partial charge is 0.416 e. The second-order valence-corrected chi connectivity index (χ2v) is 10.3. The molecule has 3 aromatic rings. The Morgan fingerprint density at radius 2 is 1.88 bits per heavy atom. The summed E-state index contributed by atoms with van der Waals surface area (Å²) in [7, 11) is 0. The molecule has 2 saturated heterocycles. The van der Waals surface area contributed by atoms with Crippen LogP contribution in [0.1, 0.15) is 39.2 Å². The van der Waals surface area contributed by atoms with E-state index in [0.717, 1.165) is 25.0 Å². The summed E-state index contributed by atoms with van der Waals surface area (Å²) in [6.07, 6.45) is -1.67. The average molecular weight is 481 g/mol. The number of amides is 1. The fourth-order valence-corrected chi connectivity index (χ4v) is 5.16. The Morgan fingerprint density at radius 1 is 1.18 bits per heavy atom. The van der Waals surface area contributed by atoms with Gasteiger partial charge in [-0.15, -0.1) is 11.3 Å². The quantitative estimate of drug-likeness (QED) is 0.478. The van der Waals surface area contributed by atoms with E-state index in [1.807, 2.05) is 25.7 Å². The molecule has 1 aromatic carbocycles. The highest BCUT2D eigenvalue weighted by Crippen LogP contribution is 2.40. The van der Waals surface area contributed by atoms with Crippen molar-refractivity contribution in [3.8, 4) is 10.6 Å². The molecule has 1 amide bonds. The number of thiazole rings is 1. The van der Waals surface area contributed by atoms with Gasteiger partial charge in [-0.05, 0) is 45.7 Å². The molecule has 0 N–H and O–H groups in total. The van der Waals surface area contributed by atoms with Gasteiger partial charge in [0.25, 0.3) is 6.01 Å². The number of oxazole rings is 1. The molecule has 2 fully saturated rings. The molecule has 0 radical (unpaired) electrons. The summed E-state index contributed by atoms with van der Waals surface area (Å²) in [4.78, 5) is 25.0. The van der Waals surface area contributed by atoms with E-state index in [0.29, 0.717) is 18.1 Å². The third-order valence-corrected chi connectivity index (χ3v) is 6.63. The van der Waals surface area contributed by atoms with E-state index in [1.54, 1.807) is 10.3 Å². The molecule has 7 nitrogen and oxygen atoms in total. The van der Waals surface area contributed by atoms with Crippen LogP contribution >= 0.6 is 11.3 Å². The molecule has 0 aliphatic carbocycles. The lowest BCUT2D eigenvalue weighted by Gasteiger charge is -2.40. The maximum Gasteiger partial charge on any atom is 0.416 e. The lowest BCUT2D eigenvalue weighted by atomic mass is 10.1. The van der Waals surface area contributed by atoms with Gasteiger partial charge in [-0.2, -0.15) is 18.2 Å². The zero-order valence-corrected chi connectivity index (χ0v) is 19.2. The topological polar surface area (TPSA) is 71.7 Å². The van der Waals surface area contributed by atoms with Crippen molar-refractivity contribution in [1.82, 2.24) is 14.9 Å². The highest BCUT2D eigenvalue weighted by atomic mass is 32.1. The number of carbonyl (C=O) groups excluding carboxylic acids is 1. The molecular formula is C22H23F3N4O3S. The molecule has 2 aliphatic rings. The van der Waals surface area contributed by atoms with Crippen molar-refractivity contribution in [3.05, 3.63) is 29.3 Å². The molecule has 2 aromatic heterocycles. The van der Waals surface area contributed by atoms with Crippen LogP contribution in [0.4, 0.5) is 24.0 Å². The number of halogens is 3. The Hall–Kier alpha value is -2.82. The minimum absolute atomic E-state index is 0.0715. The van der Waals surface area contributed by atoms with Crippen LogP contribution in [0.25, 0.3) is 21.7 Å². The first kappa shape index (κ1) is 22.0. The molecule has 4 heterocycles. The average Bonchev–Trinajstić information content (AvgIpc) is 3.43. The van der Waals surface area contributed by atoms with Crippen LogP contribution < -0.4 is 4.90 Å². The summed E-state index contributed by atoms with van der Waals surface area (Å²) >= 11 is 1.24. The van der Waals surface area contributed by atoms with Crippen molar-refractivity contribution in [2.45, 2.75) is 57.5 Å². The number of ether oxygens (including phenoxy) is 1. The lowest BCUT2D eigenvalue weighted by Crippen LogP contribution is -2.56. The summed E-state index contributed by atoms with van der Waals surface area (Å²) in [5.41, 5.74) is -0.711. The highest BCUT2D eigenvalue weighted by Gasteiger charge is 2.45. The van der Waals surface area contributed by atoms with Gasteiger partial charge < -0.3 is 14.1 Å². The Bertz CT molecular complexity index is 1170. The van der Waals surface area contributed by atoms with Gasteiger partial charge in [-0.25, -0.2) is 9.78 Å². The van der Waals surface area contributed by atoms with E-state index < -0.39 is 17.3 Å². The highest BCUT2D eigenvalue weighted by molar-refractivity contribution is 7.13. The normalized spacial score (nSPS) is 21.2. The largest absolute Gasteiger partial charge is 0.444 e. The minimum atomic E-state index is -4.52.